The summed E-state index contributed by atoms with van der Waals surface area (Å²) in [5.41, 5.74) is 0. The van der Waals surface area contributed by atoms with Gasteiger partial charge in [-0.05, 0) is 13.2 Å². The fraction of sp³-hybridized carbons (Fsp3) is 1.00. The van der Waals surface area contributed by atoms with Gasteiger partial charge in [-0.15, -0.1) is 0 Å². The molecule has 0 bridgehead atoms. The Kier molecular flexibility index (Phi) is 10.7. The van der Waals surface area contributed by atoms with Crippen LogP contribution in [0.2, 0.25) is 0 Å². The minimum Gasteiger partial charge on any atom is -0.381 e. The Balaban J connectivity index is 0. The van der Waals surface area contributed by atoms with Crippen LogP contribution in [0, 0.1) is 0 Å². The van der Waals surface area contributed by atoms with Gasteiger partial charge in [-0.25, -0.2) is 8.42 Å². The minimum atomic E-state index is -2.86. The molecule has 0 aromatic heterocycles. The lowest BCUT2D eigenvalue weighted by Gasteiger charge is -2.02. The first-order valence-electron chi connectivity index (χ1n) is 3.89. The van der Waals surface area contributed by atoms with Gasteiger partial charge in [0.1, 0.15) is 0 Å². The summed E-state index contributed by atoms with van der Waals surface area (Å²) in [4.78, 5) is 0. The van der Waals surface area contributed by atoms with Crippen molar-refractivity contribution in [1.82, 2.24) is 0 Å². The highest BCUT2D eigenvalue weighted by Crippen LogP contribution is 1.97. The van der Waals surface area contributed by atoms with Gasteiger partial charge >= 0.3 is 0 Å². The highest BCUT2D eigenvalue weighted by molar-refractivity contribution is 8.00. The molecule has 0 aliphatic rings. The van der Waals surface area contributed by atoms with Crippen LogP contribution in [-0.4, -0.2) is 45.1 Å². The molecule has 82 valence electrons. The molecule has 0 aromatic rings. The van der Waals surface area contributed by atoms with E-state index >= 15 is 0 Å². The molecule has 0 aromatic carbocycles. The lowest BCUT2D eigenvalue weighted by molar-refractivity contribution is 0.163. The van der Waals surface area contributed by atoms with Crippen molar-refractivity contribution in [3.8, 4) is 0 Å². The molecule has 5 heteroatoms. The molecular formula is C8H20O3S2. The van der Waals surface area contributed by atoms with Gasteiger partial charge in [0.15, 0.2) is 9.84 Å². The molecule has 0 aliphatic heterocycles. The molecule has 0 aliphatic carbocycles. The predicted molar refractivity (Wildman–Crippen MR) is 60.3 cm³/mol. The van der Waals surface area contributed by atoms with Crippen molar-refractivity contribution >= 4 is 21.6 Å². The number of hydrogen-bond donors (Lipinski definition) is 0. The maximum absolute atomic E-state index is 11.2. The van der Waals surface area contributed by atoms with Crippen molar-refractivity contribution in [2.75, 3.05) is 36.7 Å². The number of thioether (sulfide) groups is 1. The summed E-state index contributed by atoms with van der Waals surface area (Å²) in [6.07, 6.45) is 1.90. The molecule has 0 radical (unpaired) electrons. The molecule has 0 fully saturated rings. The Morgan fingerprint density at radius 2 is 1.92 bits per heavy atom. The molecule has 0 spiro atoms. The summed E-state index contributed by atoms with van der Waals surface area (Å²) in [6, 6.07) is 0. The summed E-state index contributed by atoms with van der Waals surface area (Å²) >= 11 is 1.55. The second-order valence-corrected chi connectivity index (χ2v) is 5.63. The first-order valence-corrected chi connectivity index (χ1v) is 7.11. The molecular weight excluding hydrogens is 208 g/mol. The monoisotopic (exact) mass is 228 g/mol. The molecule has 0 unspecified atom stereocenters. The maximum Gasteiger partial charge on any atom is 0.153 e. The third-order valence-corrected chi connectivity index (χ3v) is 3.83. The second-order valence-electron chi connectivity index (χ2n) is 2.34. The Bertz CT molecular complexity index is 188. The van der Waals surface area contributed by atoms with E-state index in [0.717, 1.165) is 0 Å². The average Bonchev–Trinajstić information content (AvgIpc) is 2.01. The smallest absolute Gasteiger partial charge is 0.153 e. The largest absolute Gasteiger partial charge is 0.381 e. The summed E-state index contributed by atoms with van der Waals surface area (Å²) in [6.45, 7) is 2.76. The summed E-state index contributed by atoms with van der Waals surface area (Å²) < 4.78 is 27.3. The topological polar surface area (TPSA) is 43.4 Å². The molecule has 0 saturated carbocycles. The molecule has 0 rings (SSSR count). The number of hydrogen-bond acceptors (Lipinski definition) is 4. The van der Waals surface area contributed by atoms with Crippen molar-refractivity contribution in [2.45, 2.75) is 14.4 Å². The highest BCUT2D eigenvalue weighted by Gasteiger charge is 2.08. The third-order valence-electron chi connectivity index (χ3n) is 1.34. The quantitative estimate of drug-likeness (QED) is 0.618. The lowest BCUT2D eigenvalue weighted by atomic mass is 10.8. The Morgan fingerprint density at radius 3 is 2.38 bits per heavy atom. The Labute approximate surface area is 86.2 Å². The van der Waals surface area contributed by atoms with Crippen LogP contribution < -0.4 is 0 Å². The molecule has 13 heavy (non-hydrogen) atoms. The number of ether oxygens (including phenoxy) is 1. The maximum atomic E-state index is 11.2. The standard InChI is InChI=1S/C7H16O3S2.CH4/c1-3-10-4-6-12(8,9)7-5-11-2;/h3-7H2,1-2H3;1H4. The van der Waals surface area contributed by atoms with E-state index in [9.17, 15) is 8.42 Å². The van der Waals surface area contributed by atoms with Crippen molar-refractivity contribution in [3.63, 3.8) is 0 Å². The van der Waals surface area contributed by atoms with E-state index in [4.69, 9.17) is 4.74 Å². The van der Waals surface area contributed by atoms with E-state index in [-0.39, 0.29) is 18.9 Å². The average molecular weight is 228 g/mol. The molecule has 0 atom stereocenters. The molecule has 0 saturated heterocycles. The lowest BCUT2D eigenvalue weighted by Crippen LogP contribution is -2.16. The van der Waals surface area contributed by atoms with Gasteiger partial charge in [-0.3, -0.25) is 0 Å². The summed E-state index contributed by atoms with van der Waals surface area (Å²) in [5.74, 6) is 1.09. The van der Waals surface area contributed by atoms with Crippen LogP contribution in [-0.2, 0) is 14.6 Å². The van der Waals surface area contributed by atoms with Crippen LogP contribution >= 0.6 is 11.8 Å². The van der Waals surface area contributed by atoms with Crippen LogP contribution in [0.4, 0.5) is 0 Å². The van der Waals surface area contributed by atoms with E-state index in [2.05, 4.69) is 0 Å². The molecule has 0 heterocycles. The van der Waals surface area contributed by atoms with E-state index in [1.165, 1.54) is 0 Å². The second kappa shape index (κ2) is 8.84. The zero-order valence-corrected chi connectivity index (χ0v) is 9.21. The van der Waals surface area contributed by atoms with E-state index in [1.807, 2.05) is 13.2 Å². The zero-order valence-electron chi connectivity index (χ0n) is 7.58. The number of sulfone groups is 1. The third kappa shape index (κ3) is 10.2. The minimum absolute atomic E-state index is 0. The Hall–Kier alpha value is 0.260. The zero-order chi connectivity index (χ0) is 9.45. The summed E-state index contributed by atoms with van der Waals surface area (Å²) in [7, 11) is -2.86. The van der Waals surface area contributed by atoms with E-state index in [0.29, 0.717) is 19.0 Å². The van der Waals surface area contributed by atoms with Gasteiger partial charge in [0.05, 0.1) is 18.1 Å². The normalized spacial score (nSPS) is 10.9. The van der Waals surface area contributed by atoms with Crippen molar-refractivity contribution < 1.29 is 13.2 Å². The van der Waals surface area contributed by atoms with Crippen molar-refractivity contribution in [3.05, 3.63) is 0 Å². The van der Waals surface area contributed by atoms with Gasteiger partial charge in [0.2, 0.25) is 0 Å². The first-order chi connectivity index (χ1) is 5.62. The Morgan fingerprint density at radius 1 is 1.31 bits per heavy atom. The highest BCUT2D eigenvalue weighted by atomic mass is 32.2. The fourth-order valence-electron chi connectivity index (χ4n) is 0.643. The van der Waals surface area contributed by atoms with Crippen LogP contribution in [0.3, 0.4) is 0 Å². The van der Waals surface area contributed by atoms with Crippen molar-refractivity contribution in [1.29, 1.82) is 0 Å². The van der Waals surface area contributed by atoms with Gasteiger partial charge in [-0.1, -0.05) is 7.43 Å². The molecule has 0 N–H and O–H groups in total. The van der Waals surface area contributed by atoms with E-state index in [1.54, 1.807) is 11.8 Å². The van der Waals surface area contributed by atoms with Gasteiger partial charge in [0, 0.05) is 12.4 Å². The van der Waals surface area contributed by atoms with Crippen molar-refractivity contribution in [2.24, 2.45) is 0 Å². The van der Waals surface area contributed by atoms with Gasteiger partial charge < -0.3 is 4.74 Å². The SMILES string of the molecule is C.CCOCCS(=O)(=O)CCSC. The van der Waals surface area contributed by atoms with Crippen LogP contribution in [0.5, 0.6) is 0 Å². The van der Waals surface area contributed by atoms with Crippen LogP contribution in [0.25, 0.3) is 0 Å². The van der Waals surface area contributed by atoms with E-state index < -0.39 is 9.84 Å². The fourth-order valence-corrected chi connectivity index (χ4v) is 2.90. The summed E-state index contributed by atoms with van der Waals surface area (Å²) in [5, 5.41) is 0. The predicted octanol–water partition coefficient (Wildman–Crippen LogP) is 1.44. The van der Waals surface area contributed by atoms with Gasteiger partial charge in [0.25, 0.3) is 0 Å². The van der Waals surface area contributed by atoms with Gasteiger partial charge in [-0.2, -0.15) is 11.8 Å². The first kappa shape index (κ1) is 15.7. The molecule has 3 nitrogen and oxygen atoms in total. The molecule has 0 amide bonds. The van der Waals surface area contributed by atoms with Crippen LogP contribution in [0.1, 0.15) is 14.4 Å². The number of rotatable bonds is 7. The van der Waals surface area contributed by atoms with Crippen LogP contribution in [0.15, 0.2) is 0 Å².